The highest BCUT2D eigenvalue weighted by Gasteiger charge is 2.28. The zero-order valence-corrected chi connectivity index (χ0v) is 18.1. The molecule has 152 valence electrons. The number of fused-ring (bicyclic) bond motifs is 1. The number of likely N-dealkylation sites (tertiary alicyclic amines) is 1. The Balaban J connectivity index is 1.56. The molecule has 1 aliphatic rings. The number of carbonyl (C=O) groups excluding carboxylic acids is 1. The maximum atomic E-state index is 13.2. The van der Waals surface area contributed by atoms with Gasteiger partial charge in [0, 0.05) is 24.6 Å². The number of methoxy groups -OCH3 is 1. The minimum absolute atomic E-state index is 0.0425. The van der Waals surface area contributed by atoms with Gasteiger partial charge in [0.25, 0.3) is 5.91 Å². The summed E-state index contributed by atoms with van der Waals surface area (Å²) < 4.78 is 12.1. The Morgan fingerprint density at radius 1 is 1.34 bits per heavy atom. The number of rotatable bonds is 5. The Kier molecular flexibility index (Phi) is 5.92. The molecule has 1 fully saturated rings. The SMILES string of the molecule is CCOc1c(Cl)cc(C(=O)N2CCC[C@H](c3nc4ccccc4s3)C2)cc1OC. The van der Waals surface area contributed by atoms with Crippen LogP contribution in [-0.2, 0) is 0 Å². The molecular weight excluding hydrogens is 408 g/mol. The van der Waals surface area contributed by atoms with Gasteiger partial charge >= 0.3 is 0 Å². The van der Waals surface area contributed by atoms with Gasteiger partial charge in [-0.25, -0.2) is 4.98 Å². The average molecular weight is 431 g/mol. The van der Waals surface area contributed by atoms with E-state index in [1.807, 2.05) is 30.0 Å². The third-order valence-electron chi connectivity index (χ3n) is 5.13. The monoisotopic (exact) mass is 430 g/mol. The molecule has 5 nitrogen and oxygen atoms in total. The molecule has 0 N–H and O–H groups in total. The topological polar surface area (TPSA) is 51.7 Å². The van der Waals surface area contributed by atoms with Crippen LogP contribution in [-0.4, -0.2) is 42.6 Å². The number of piperidine rings is 1. The standard InChI is InChI=1S/C22H23ClN2O3S/c1-3-28-20-16(23)11-15(12-18(20)27-2)22(26)25-10-6-7-14(13-25)21-24-17-8-4-5-9-19(17)29-21/h4-5,8-9,11-12,14H,3,6-7,10,13H2,1-2H3/t14-/m0/s1. The van der Waals surface area contributed by atoms with Crippen LogP contribution < -0.4 is 9.47 Å². The number of para-hydroxylation sites is 1. The van der Waals surface area contributed by atoms with E-state index in [2.05, 4.69) is 6.07 Å². The van der Waals surface area contributed by atoms with Crippen LogP contribution in [0.5, 0.6) is 11.5 Å². The smallest absolute Gasteiger partial charge is 0.254 e. The predicted octanol–water partition coefficient (Wildman–Crippen LogP) is 5.38. The van der Waals surface area contributed by atoms with E-state index in [1.165, 1.54) is 4.70 Å². The lowest BCUT2D eigenvalue weighted by molar-refractivity contribution is 0.0706. The third kappa shape index (κ3) is 4.05. The van der Waals surface area contributed by atoms with Crippen molar-refractivity contribution in [2.75, 3.05) is 26.8 Å². The Bertz CT molecular complexity index is 1000. The van der Waals surface area contributed by atoms with Gasteiger partial charge in [-0.1, -0.05) is 23.7 Å². The first-order chi connectivity index (χ1) is 14.1. The van der Waals surface area contributed by atoms with Crippen LogP contribution in [0, 0.1) is 0 Å². The van der Waals surface area contributed by atoms with Gasteiger partial charge in [0.05, 0.1) is 34.0 Å². The lowest BCUT2D eigenvalue weighted by Crippen LogP contribution is -2.39. The molecule has 0 bridgehead atoms. The first kappa shape index (κ1) is 20.0. The van der Waals surface area contributed by atoms with E-state index in [9.17, 15) is 4.79 Å². The fourth-order valence-corrected chi connectivity index (χ4v) is 5.10. The highest BCUT2D eigenvalue weighted by atomic mass is 35.5. The van der Waals surface area contributed by atoms with Gasteiger partial charge in [0.1, 0.15) is 0 Å². The maximum Gasteiger partial charge on any atom is 0.254 e. The van der Waals surface area contributed by atoms with Crippen molar-refractivity contribution >= 4 is 39.1 Å². The summed E-state index contributed by atoms with van der Waals surface area (Å²) in [6.07, 6.45) is 1.99. The zero-order chi connectivity index (χ0) is 20.4. The maximum absolute atomic E-state index is 13.2. The Labute approximate surface area is 179 Å². The summed E-state index contributed by atoms with van der Waals surface area (Å²) in [5, 5.41) is 1.49. The molecule has 0 radical (unpaired) electrons. The van der Waals surface area contributed by atoms with Gasteiger partial charge in [0.15, 0.2) is 11.5 Å². The Morgan fingerprint density at radius 2 is 2.17 bits per heavy atom. The molecule has 1 aromatic heterocycles. The number of benzene rings is 2. The van der Waals surface area contributed by atoms with Crippen LogP contribution in [0.2, 0.25) is 5.02 Å². The number of hydrogen-bond donors (Lipinski definition) is 0. The van der Waals surface area contributed by atoms with Crippen molar-refractivity contribution in [3.8, 4) is 11.5 Å². The Hall–Kier alpha value is -2.31. The molecule has 1 aliphatic heterocycles. The fourth-order valence-electron chi connectivity index (χ4n) is 3.74. The second-order valence-corrected chi connectivity index (χ2v) is 8.50. The molecule has 0 aliphatic carbocycles. The average Bonchev–Trinajstić information content (AvgIpc) is 3.19. The number of thiazole rings is 1. The summed E-state index contributed by atoms with van der Waals surface area (Å²) in [6.45, 7) is 3.74. The number of amides is 1. The van der Waals surface area contributed by atoms with Gasteiger partial charge < -0.3 is 14.4 Å². The molecule has 1 saturated heterocycles. The minimum Gasteiger partial charge on any atom is -0.493 e. The van der Waals surface area contributed by atoms with Gasteiger partial charge in [-0.2, -0.15) is 0 Å². The van der Waals surface area contributed by atoms with E-state index < -0.39 is 0 Å². The van der Waals surface area contributed by atoms with E-state index in [0.29, 0.717) is 35.2 Å². The number of carbonyl (C=O) groups is 1. The summed E-state index contributed by atoms with van der Waals surface area (Å²) in [7, 11) is 1.55. The molecule has 4 rings (SSSR count). The second kappa shape index (κ2) is 8.59. The highest BCUT2D eigenvalue weighted by molar-refractivity contribution is 7.18. The molecular formula is C22H23ClN2O3S. The van der Waals surface area contributed by atoms with Crippen molar-refractivity contribution < 1.29 is 14.3 Å². The number of hydrogen-bond acceptors (Lipinski definition) is 5. The van der Waals surface area contributed by atoms with Crippen LogP contribution in [0.4, 0.5) is 0 Å². The van der Waals surface area contributed by atoms with E-state index in [-0.39, 0.29) is 11.8 Å². The van der Waals surface area contributed by atoms with Crippen molar-refractivity contribution in [3.63, 3.8) is 0 Å². The van der Waals surface area contributed by atoms with Gasteiger partial charge in [-0.3, -0.25) is 4.79 Å². The number of halogens is 1. The normalized spacial score (nSPS) is 16.8. The van der Waals surface area contributed by atoms with Crippen molar-refractivity contribution in [3.05, 3.63) is 52.0 Å². The molecule has 2 heterocycles. The molecule has 0 saturated carbocycles. The summed E-state index contributed by atoms with van der Waals surface area (Å²) in [4.78, 5) is 19.9. The Morgan fingerprint density at radius 3 is 2.93 bits per heavy atom. The molecule has 7 heteroatoms. The molecule has 0 spiro atoms. The molecule has 1 atom stereocenters. The van der Waals surface area contributed by atoms with E-state index in [4.69, 9.17) is 26.1 Å². The lowest BCUT2D eigenvalue weighted by Gasteiger charge is -2.32. The summed E-state index contributed by atoms with van der Waals surface area (Å²) in [6, 6.07) is 11.5. The summed E-state index contributed by atoms with van der Waals surface area (Å²) >= 11 is 8.08. The van der Waals surface area contributed by atoms with Crippen LogP contribution in [0.25, 0.3) is 10.2 Å². The van der Waals surface area contributed by atoms with Crippen LogP contribution in [0.3, 0.4) is 0 Å². The first-order valence-corrected chi connectivity index (χ1v) is 10.9. The van der Waals surface area contributed by atoms with Crippen molar-refractivity contribution in [1.29, 1.82) is 0 Å². The van der Waals surface area contributed by atoms with Gasteiger partial charge in [0.2, 0.25) is 0 Å². The van der Waals surface area contributed by atoms with E-state index in [1.54, 1.807) is 30.6 Å². The highest BCUT2D eigenvalue weighted by Crippen LogP contribution is 2.38. The summed E-state index contributed by atoms with van der Waals surface area (Å²) in [5.41, 5.74) is 1.54. The molecule has 29 heavy (non-hydrogen) atoms. The molecule has 0 unspecified atom stereocenters. The van der Waals surface area contributed by atoms with Crippen LogP contribution in [0.15, 0.2) is 36.4 Å². The van der Waals surface area contributed by atoms with Crippen molar-refractivity contribution in [1.82, 2.24) is 9.88 Å². The number of aromatic nitrogens is 1. The fraction of sp³-hybridized carbons (Fsp3) is 0.364. The predicted molar refractivity (Wildman–Crippen MR) is 117 cm³/mol. The van der Waals surface area contributed by atoms with Gasteiger partial charge in [-0.05, 0) is 44.0 Å². The van der Waals surface area contributed by atoms with Crippen LogP contribution in [0.1, 0.15) is 41.0 Å². The van der Waals surface area contributed by atoms with E-state index >= 15 is 0 Å². The van der Waals surface area contributed by atoms with Crippen molar-refractivity contribution in [2.24, 2.45) is 0 Å². The van der Waals surface area contributed by atoms with Crippen LogP contribution >= 0.6 is 22.9 Å². The molecule has 2 aromatic carbocycles. The second-order valence-electron chi connectivity index (χ2n) is 7.03. The minimum atomic E-state index is -0.0425. The zero-order valence-electron chi connectivity index (χ0n) is 16.5. The van der Waals surface area contributed by atoms with Gasteiger partial charge in [-0.15, -0.1) is 11.3 Å². The quantitative estimate of drug-likeness (QED) is 0.545. The lowest BCUT2D eigenvalue weighted by atomic mass is 9.98. The summed E-state index contributed by atoms with van der Waals surface area (Å²) in [5.74, 6) is 1.16. The van der Waals surface area contributed by atoms with E-state index in [0.717, 1.165) is 29.9 Å². The third-order valence-corrected chi connectivity index (χ3v) is 6.61. The first-order valence-electron chi connectivity index (χ1n) is 9.75. The number of ether oxygens (including phenoxy) is 2. The van der Waals surface area contributed by atoms with Crippen molar-refractivity contribution in [2.45, 2.75) is 25.7 Å². The molecule has 3 aromatic rings. The number of nitrogens with zero attached hydrogens (tertiary/aromatic N) is 2. The largest absolute Gasteiger partial charge is 0.493 e. The molecule has 1 amide bonds.